The molecule has 1 heterocycles. The predicted octanol–water partition coefficient (Wildman–Crippen LogP) is 0.773. The van der Waals surface area contributed by atoms with Crippen molar-refractivity contribution in [3.8, 4) is 0 Å². The number of nitrogens with zero attached hydrogens (tertiary/aromatic N) is 2. The van der Waals surface area contributed by atoms with E-state index < -0.39 is 25.2 Å². The molecular formula is C10H23N2O4P. The second-order valence-electron chi connectivity index (χ2n) is 5.06. The van der Waals surface area contributed by atoms with Crippen LogP contribution in [0.2, 0.25) is 0 Å². The van der Waals surface area contributed by atoms with Gasteiger partial charge in [0.25, 0.3) is 0 Å². The predicted molar refractivity (Wildman–Crippen MR) is 65.9 cm³/mol. The van der Waals surface area contributed by atoms with Gasteiger partial charge in [-0.3, -0.25) is 4.57 Å². The highest BCUT2D eigenvalue weighted by molar-refractivity contribution is 7.59. The average Bonchev–Trinajstić information content (AvgIpc) is 2.55. The standard InChI is InChI=1S/C10H23N2O4P/c1-10(2)15-7-8(16-10)9(13)17(14,11(3)4)12(5)6/h8-9,13H,7H2,1-6H3/t8-,9?/m1/s1. The van der Waals surface area contributed by atoms with Gasteiger partial charge in [-0.05, 0) is 42.0 Å². The molecule has 0 bridgehead atoms. The summed E-state index contributed by atoms with van der Waals surface area (Å²) in [5, 5.41) is 10.3. The first kappa shape index (κ1) is 15.1. The van der Waals surface area contributed by atoms with Crippen LogP contribution in [0.25, 0.3) is 0 Å². The van der Waals surface area contributed by atoms with E-state index in [9.17, 15) is 9.67 Å². The van der Waals surface area contributed by atoms with Crippen LogP contribution in [0.3, 0.4) is 0 Å². The first-order chi connectivity index (χ1) is 7.61. The molecule has 1 aliphatic heterocycles. The molecule has 1 N–H and O–H groups in total. The lowest BCUT2D eigenvalue weighted by Gasteiger charge is -2.36. The monoisotopic (exact) mass is 266 g/mol. The molecule has 1 fully saturated rings. The maximum atomic E-state index is 12.8. The maximum absolute atomic E-state index is 12.8. The minimum atomic E-state index is -3.04. The lowest BCUT2D eigenvalue weighted by Crippen LogP contribution is -2.38. The van der Waals surface area contributed by atoms with E-state index in [1.54, 1.807) is 51.4 Å². The van der Waals surface area contributed by atoms with E-state index in [1.807, 2.05) is 0 Å². The van der Waals surface area contributed by atoms with Gasteiger partial charge in [0.1, 0.15) is 6.10 Å². The van der Waals surface area contributed by atoms with E-state index in [2.05, 4.69) is 0 Å². The summed E-state index contributed by atoms with van der Waals surface area (Å²) in [7, 11) is 3.70. The molecule has 0 saturated carbocycles. The zero-order valence-electron chi connectivity index (χ0n) is 11.4. The van der Waals surface area contributed by atoms with Crippen molar-refractivity contribution in [1.82, 2.24) is 9.34 Å². The molecular weight excluding hydrogens is 243 g/mol. The number of hydrogen-bond acceptors (Lipinski definition) is 4. The van der Waals surface area contributed by atoms with Gasteiger partial charge >= 0.3 is 0 Å². The first-order valence-electron chi connectivity index (χ1n) is 5.56. The van der Waals surface area contributed by atoms with E-state index in [0.717, 1.165) is 0 Å². The fourth-order valence-electron chi connectivity index (χ4n) is 1.91. The van der Waals surface area contributed by atoms with Gasteiger partial charge in [0, 0.05) is 0 Å². The third-order valence-electron chi connectivity index (χ3n) is 2.85. The fraction of sp³-hybridized carbons (Fsp3) is 1.00. The molecule has 17 heavy (non-hydrogen) atoms. The average molecular weight is 266 g/mol. The Morgan fingerprint density at radius 1 is 1.29 bits per heavy atom. The summed E-state index contributed by atoms with van der Waals surface area (Å²) in [4.78, 5) is 0. The third-order valence-corrected chi connectivity index (χ3v) is 6.17. The maximum Gasteiger partial charge on any atom is 0.245 e. The third kappa shape index (κ3) is 2.89. The molecule has 1 unspecified atom stereocenters. The van der Waals surface area contributed by atoms with E-state index in [0.29, 0.717) is 0 Å². The lowest BCUT2D eigenvalue weighted by atomic mass is 10.4. The van der Waals surface area contributed by atoms with Crippen molar-refractivity contribution in [1.29, 1.82) is 0 Å². The largest absolute Gasteiger partial charge is 0.380 e. The van der Waals surface area contributed by atoms with Crippen LogP contribution in [0.4, 0.5) is 0 Å². The highest BCUT2D eigenvalue weighted by Crippen LogP contribution is 2.55. The first-order valence-corrected chi connectivity index (χ1v) is 7.24. The Morgan fingerprint density at radius 2 is 1.76 bits per heavy atom. The van der Waals surface area contributed by atoms with E-state index in [-0.39, 0.29) is 6.61 Å². The molecule has 0 aromatic rings. The number of aliphatic hydroxyl groups excluding tert-OH is 1. The Labute approximate surface area is 103 Å². The molecule has 0 aromatic heterocycles. The van der Waals surface area contributed by atoms with Gasteiger partial charge in [-0.25, -0.2) is 9.34 Å². The molecule has 0 amide bonds. The van der Waals surface area contributed by atoms with Crippen molar-refractivity contribution in [3.05, 3.63) is 0 Å². The van der Waals surface area contributed by atoms with Crippen molar-refractivity contribution >= 4 is 7.44 Å². The quantitative estimate of drug-likeness (QED) is 0.758. The van der Waals surface area contributed by atoms with Crippen LogP contribution in [0.15, 0.2) is 0 Å². The number of rotatable bonds is 4. The summed E-state index contributed by atoms with van der Waals surface area (Å²) in [5.41, 5.74) is 0. The van der Waals surface area contributed by atoms with E-state index in [4.69, 9.17) is 9.47 Å². The molecule has 1 rings (SSSR count). The molecule has 0 aromatic carbocycles. The van der Waals surface area contributed by atoms with Crippen LogP contribution in [0.5, 0.6) is 0 Å². The molecule has 0 aliphatic carbocycles. The summed E-state index contributed by atoms with van der Waals surface area (Å²) >= 11 is 0. The Balaban J connectivity index is 2.88. The molecule has 7 heteroatoms. The second-order valence-corrected chi connectivity index (χ2v) is 8.37. The van der Waals surface area contributed by atoms with Gasteiger partial charge in [0.15, 0.2) is 11.6 Å². The van der Waals surface area contributed by atoms with Crippen molar-refractivity contribution in [2.24, 2.45) is 0 Å². The van der Waals surface area contributed by atoms with Crippen LogP contribution in [-0.4, -0.2) is 67.0 Å². The molecule has 6 nitrogen and oxygen atoms in total. The normalized spacial score (nSPS) is 26.8. The van der Waals surface area contributed by atoms with Crippen molar-refractivity contribution in [3.63, 3.8) is 0 Å². The smallest absolute Gasteiger partial charge is 0.245 e. The van der Waals surface area contributed by atoms with Crippen molar-refractivity contribution < 1.29 is 19.1 Å². The molecule has 0 spiro atoms. The summed E-state index contributed by atoms with van der Waals surface area (Å²) in [6.45, 7) is 3.80. The Morgan fingerprint density at radius 3 is 2.06 bits per heavy atom. The number of ether oxygens (including phenoxy) is 2. The van der Waals surface area contributed by atoms with Crippen LogP contribution in [-0.2, 0) is 14.0 Å². The molecule has 1 aliphatic rings. The number of hydrogen-bond donors (Lipinski definition) is 1. The lowest BCUT2D eigenvalue weighted by molar-refractivity contribution is -0.145. The summed E-state index contributed by atoms with van der Waals surface area (Å²) in [6.07, 6.45) is -0.569. The Bertz CT molecular complexity index is 307. The topological polar surface area (TPSA) is 62.2 Å². The van der Waals surface area contributed by atoms with Crippen LogP contribution < -0.4 is 0 Å². The second kappa shape index (κ2) is 4.96. The zero-order chi connectivity index (χ0) is 13.4. The molecule has 0 radical (unpaired) electrons. The highest BCUT2D eigenvalue weighted by Gasteiger charge is 2.47. The van der Waals surface area contributed by atoms with Gasteiger partial charge in [-0.1, -0.05) is 0 Å². The van der Waals surface area contributed by atoms with E-state index in [1.165, 1.54) is 0 Å². The van der Waals surface area contributed by atoms with Gasteiger partial charge < -0.3 is 14.6 Å². The summed E-state index contributed by atoms with van der Waals surface area (Å²) in [5.74, 6) is -1.82. The zero-order valence-corrected chi connectivity index (χ0v) is 12.3. The molecule has 2 atom stereocenters. The molecule has 1 saturated heterocycles. The minimum absolute atomic E-state index is 0.250. The molecule has 102 valence electrons. The summed E-state index contributed by atoms with van der Waals surface area (Å²) in [6, 6.07) is 0. The fourth-order valence-corrected chi connectivity index (χ4v) is 4.15. The van der Waals surface area contributed by atoms with Crippen LogP contribution in [0, 0.1) is 0 Å². The minimum Gasteiger partial charge on any atom is -0.380 e. The van der Waals surface area contributed by atoms with Crippen molar-refractivity contribution in [2.45, 2.75) is 31.6 Å². The van der Waals surface area contributed by atoms with Crippen molar-refractivity contribution in [2.75, 3.05) is 34.8 Å². The van der Waals surface area contributed by atoms with Gasteiger partial charge in [-0.2, -0.15) is 0 Å². The Kier molecular flexibility index (Phi) is 4.40. The highest BCUT2D eigenvalue weighted by atomic mass is 31.2. The summed E-state index contributed by atoms with van der Waals surface area (Å²) < 4.78 is 26.8. The van der Waals surface area contributed by atoms with Gasteiger partial charge in [0.05, 0.1) is 6.61 Å². The van der Waals surface area contributed by atoms with Gasteiger partial charge in [0.2, 0.25) is 7.44 Å². The number of aliphatic hydroxyl groups is 1. The SMILES string of the molecule is CN(C)P(=O)(C(O)[C@H]1COC(C)(C)O1)N(C)C. The van der Waals surface area contributed by atoms with Crippen LogP contribution >= 0.6 is 7.44 Å². The Hall–Kier alpha value is 0.0300. The van der Waals surface area contributed by atoms with E-state index >= 15 is 0 Å². The van der Waals surface area contributed by atoms with Gasteiger partial charge in [-0.15, -0.1) is 0 Å². The van der Waals surface area contributed by atoms with Crippen LogP contribution in [0.1, 0.15) is 13.8 Å².